The van der Waals surface area contributed by atoms with E-state index in [1.165, 1.54) is 9.80 Å². The second kappa shape index (κ2) is 6.02. The number of carbonyl (C=O) groups is 3. The van der Waals surface area contributed by atoms with E-state index in [0.29, 0.717) is 38.8 Å². The fraction of sp³-hybridized carbons (Fsp3) is 0.812. The number of rotatable bonds is 2. The van der Waals surface area contributed by atoms with E-state index in [2.05, 4.69) is 0 Å². The Balaban J connectivity index is 2.15. The molecular weight excluding hydrogens is 300 g/mol. The molecule has 0 bridgehead atoms. The summed E-state index contributed by atoms with van der Waals surface area (Å²) in [5.41, 5.74) is -1.81. The van der Waals surface area contributed by atoms with Gasteiger partial charge in [-0.25, -0.2) is 9.59 Å². The van der Waals surface area contributed by atoms with Crippen LogP contribution in [0.25, 0.3) is 0 Å². The van der Waals surface area contributed by atoms with Crippen LogP contribution in [0.2, 0.25) is 0 Å². The number of hydrogen-bond donors (Lipinski definition) is 1. The van der Waals surface area contributed by atoms with Gasteiger partial charge in [0.2, 0.25) is 5.91 Å². The maximum Gasteiger partial charge on any atom is 0.410 e. The topological polar surface area (TPSA) is 87.2 Å². The largest absolute Gasteiger partial charge is 0.480 e. The van der Waals surface area contributed by atoms with Gasteiger partial charge in [0.15, 0.2) is 0 Å². The number of carboxylic acids is 1. The maximum absolute atomic E-state index is 12.9. The first-order valence-corrected chi connectivity index (χ1v) is 8.11. The molecule has 2 fully saturated rings. The Morgan fingerprint density at radius 1 is 1.17 bits per heavy atom. The van der Waals surface area contributed by atoms with Crippen molar-refractivity contribution in [1.29, 1.82) is 0 Å². The Kier molecular flexibility index (Phi) is 4.59. The molecule has 0 aromatic carbocycles. The number of aliphatic carboxylic acids is 1. The van der Waals surface area contributed by atoms with Gasteiger partial charge in [0, 0.05) is 13.1 Å². The van der Waals surface area contributed by atoms with Crippen molar-refractivity contribution in [3.8, 4) is 0 Å². The Bertz CT molecular complexity index is 513. The first-order chi connectivity index (χ1) is 10.6. The first kappa shape index (κ1) is 17.6. The minimum Gasteiger partial charge on any atom is -0.480 e. The van der Waals surface area contributed by atoms with Gasteiger partial charge in [0.1, 0.15) is 17.2 Å². The fourth-order valence-corrected chi connectivity index (χ4v) is 3.28. The average Bonchev–Trinajstić information content (AvgIpc) is 3.02. The standard InChI is InChI=1S/C16H26N2O5/c1-15(2,3)23-14(22)17-9-5-7-11(17)12(19)18-10-6-8-16(18,4)13(20)21/h11H,5-10H2,1-4H3,(H,20,21)/t11-,16-/m0/s1. The number of amides is 2. The molecule has 2 heterocycles. The van der Waals surface area contributed by atoms with Crippen LogP contribution in [0.4, 0.5) is 4.79 Å². The van der Waals surface area contributed by atoms with Gasteiger partial charge in [-0.1, -0.05) is 0 Å². The molecule has 0 unspecified atom stereocenters. The van der Waals surface area contributed by atoms with Crippen molar-refractivity contribution >= 4 is 18.0 Å². The quantitative estimate of drug-likeness (QED) is 0.837. The lowest BCUT2D eigenvalue weighted by molar-refractivity contribution is -0.157. The highest BCUT2D eigenvalue weighted by Crippen LogP contribution is 2.32. The third-order valence-corrected chi connectivity index (χ3v) is 4.53. The lowest BCUT2D eigenvalue weighted by Gasteiger charge is -2.35. The summed E-state index contributed by atoms with van der Waals surface area (Å²) < 4.78 is 5.36. The molecule has 23 heavy (non-hydrogen) atoms. The third kappa shape index (κ3) is 3.43. The van der Waals surface area contributed by atoms with Crippen LogP contribution in [0.15, 0.2) is 0 Å². The maximum atomic E-state index is 12.9. The summed E-state index contributed by atoms with van der Waals surface area (Å²) in [4.78, 5) is 39.6. The SMILES string of the molecule is CC(C)(C)OC(=O)N1CCC[C@H]1C(=O)N1CCC[C@@]1(C)C(=O)O. The predicted molar refractivity (Wildman–Crippen MR) is 82.9 cm³/mol. The predicted octanol–water partition coefficient (Wildman–Crippen LogP) is 1.85. The van der Waals surface area contributed by atoms with Gasteiger partial charge in [-0.2, -0.15) is 0 Å². The Labute approximate surface area is 136 Å². The van der Waals surface area contributed by atoms with Gasteiger partial charge in [-0.3, -0.25) is 9.69 Å². The van der Waals surface area contributed by atoms with Crippen molar-refractivity contribution in [2.24, 2.45) is 0 Å². The van der Waals surface area contributed by atoms with Crippen molar-refractivity contribution in [2.45, 2.75) is 70.6 Å². The van der Waals surface area contributed by atoms with Crippen molar-refractivity contribution in [3.05, 3.63) is 0 Å². The molecule has 0 aliphatic carbocycles. The number of carbonyl (C=O) groups excluding carboxylic acids is 2. The molecule has 0 aromatic rings. The lowest BCUT2D eigenvalue weighted by atomic mass is 9.98. The molecule has 130 valence electrons. The van der Waals surface area contributed by atoms with Crippen LogP contribution in [0.3, 0.4) is 0 Å². The molecule has 2 aliphatic rings. The van der Waals surface area contributed by atoms with E-state index in [0.717, 1.165) is 0 Å². The van der Waals surface area contributed by atoms with Crippen LogP contribution in [-0.4, -0.2) is 63.1 Å². The second-order valence-corrected chi connectivity index (χ2v) is 7.50. The Morgan fingerprint density at radius 3 is 2.39 bits per heavy atom. The molecule has 2 amide bonds. The number of hydrogen-bond acceptors (Lipinski definition) is 4. The smallest absolute Gasteiger partial charge is 0.410 e. The molecule has 2 saturated heterocycles. The lowest BCUT2D eigenvalue weighted by Crippen LogP contribution is -2.56. The Morgan fingerprint density at radius 2 is 1.83 bits per heavy atom. The van der Waals surface area contributed by atoms with Gasteiger partial charge < -0.3 is 14.7 Å². The van der Waals surface area contributed by atoms with Gasteiger partial charge in [0.05, 0.1) is 0 Å². The van der Waals surface area contributed by atoms with Crippen LogP contribution in [0.5, 0.6) is 0 Å². The van der Waals surface area contributed by atoms with E-state index in [1.807, 2.05) is 0 Å². The van der Waals surface area contributed by atoms with E-state index in [1.54, 1.807) is 27.7 Å². The molecule has 0 aromatic heterocycles. The van der Waals surface area contributed by atoms with Crippen molar-refractivity contribution in [2.75, 3.05) is 13.1 Å². The highest BCUT2D eigenvalue weighted by molar-refractivity contribution is 5.92. The minimum atomic E-state index is -1.18. The van der Waals surface area contributed by atoms with Crippen molar-refractivity contribution < 1.29 is 24.2 Å². The number of likely N-dealkylation sites (tertiary alicyclic amines) is 2. The number of carboxylic acid groups (broad SMARTS) is 1. The highest BCUT2D eigenvalue weighted by Gasteiger charge is 2.49. The van der Waals surface area contributed by atoms with E-state index >= 15 is 0 Å². The van der Waals surface area contributed by atoms with Crippen LogP contribution in [0.1, 0.15) is 53.4 Å². The van der Waals surface area contributed by atoms with Crippen LogP contribution in [0, 0.1) is 0 Å². The van der Waals surface area contributed by atoms with Gasteiger partial charge in [0.25, 0.3) is 0 Å². The molecule has 2 atom stereocenters. The van der Waals surface area contributed by atoms with E-state index < -0.39 is 29.2 Å². The average molecular weight is 326 g/mol. The molecular formula is C16H26N2O5. The normalized spacial score (nSPS) is 28.1. The molecule has 0 radical (unpaired) electrons. The molecule has 0 spiro atoms. The van der Waals surface area contributed by atoms with Crippen LogP contribution >= 0.6 is 0 Å². The summed E-state index contributed by atoms with van der Waals surface area (Å²) in [6.07, 6.45) is 1.85. The molecule has 2 aliphatic heterocycles. The fourth-order valence-electron chi connectivity index (χ4n) is 3.28. The minimum absolute atomic E-state index is 0.282. The zero-order valence-corrected chi connectivity index (χ0v) is 14.3. The van der Waals surface area contributed by atoms with E-state index in [4.69, 9.17) is 4.74 Å². The van der Waals surface area contributed by atoms with E-state index in [9.17, 15) is 19.5 Å². The van der Waals surface area contributed by atoms with E-state index in [-0.39, 0.29) is 5.91 Å². The monoisotopic (exact) mass is 326 g/mol. The number of nitrogens with zero attached hydrogens (tertiary/aromatic N) is 2. The summed E-state index contributed by atoms with van der Waals surface area (Å²) in [7, 11) is 0. The summed E-state index contributed by atoms with van der Waals surface area (Å²) in [6, 6.07) is -0.623. The zero-order chi connectivity index (χ0) is 17.4. The van der Waals surface area contributed by atoms with Gasteiger partial charge >= 0.3 is 12.1 Å². The Hall–Kier alpha value is -1.79. The highest BCUT2D eigenvalue weighted by atomic mass is 16.6. The molecule has 7 heteroatoms. The summed E-state index contributed by atoms with van der Waals surface area (Å²) in [6.45, 7) is 7.79. The summed E-state index contributed by atoms with van der Waals surface area (Å²) >= 11 is 0. The summed E-state index contributed by atoms with van der Waals surface area (Å²) in [5, 5.41) is 9.46. The molecule has 7 nitrogen and oxygen atoms in total. The van der Waals surface area contributed by atoms with Gasteiger partial charge in [-0.15, -0.1) is 0 Å². The molecule has 1 N–H and O–H groups in total. The van der Waals surface area contributed by atoms with Crippen LogP contribution in [-0.2, 0) is 14.3 Å². The second-order valence-electron chi connectivity index (χ2n) is 7.50. The summed E-state index contributed by atoms with van der Waals surface area (Å²) in [5.74, 6) is -1.28. The van der Waals surface area contributed by atoms with Crippen molar-refractivity contribution in [3.63, 3.8) is 0 Å². The molecule has 0 saturated carbocycles. The van der Waals surface area contributed by atoms with Crippen molar-refractivity contribution in [1.82, 2.24) is 9.80 Å². The first-order valence-electron chi connectivity index (χ1n) is 8.11. The van der Waals surface area contributed by atoms with Crippen LogP contribution < -0.4 is 0 Å². The number of ether oxygens (including phenoxy) is 1. The third-order valence-electron chi connectivity index (χ3n) is 4.53. The zero-order valence-electron chi connectivity index (χ0n) is 14.3. The van der Waals surface area contributed by atoms with Gasteiger partial charge in [-0.05, 0) is 53.4 Å². The molecule has 2 rings (SSSR count).